The zero-order chi connectivity index (χ0) is 40.8. The molecule has 0 atom stereocenters. The van der Waals surface area contributed by atoms with Crippen LogP contribution in [-0.4, -0.2) is 16.6 Å². The first-order valence-electron chi connectivity index (χ1n) is 14.4. The van der Waals surface area contributed by atoms with Gasteiger partial charge in [-0.1, -0.05) is 45.0 Å². The number of rotatable bonds is 0. The molecule has 5 rings (SSSR count). The second-order valence-corrected chi connectivity index (χ2v) is 62.6. The van der Waals surface area contributed by atoms with Crippen molar-refractivity contribution < 1.29 is 9.59 Å². The molecule has 2 saturated carbocycles. The molecular weight excluding hydrogens is 1320 g/mol. The maximum absolute atomic E-state index is 12.7. The van der Waals surface area contributed by atoms with E-state index in [1.165, 1.54) is 28.9 Å². The molecule has 3 aliphatic rings. The lowest BCUT2D eigenvalue weighted by Crippen LogP contribution is -2.44. The van der Waals surface area contributed by atoms with Crippen molar-refractivity contribution in [2.75, 3.05) is 0 Å². The molecule has 3 aliphatic carbocycles. The molecule has 2 aromatic rings. The number of Topliss-reactive ketones (excluding diaryl/α,β-unsaturated/α-hetero) is 2. The summed E-state index contributed by atoms with van der Waals surface area (Å²) in [5.41, 5.74) is 4.83. The summed E-state index contributed by atoms with van der Waals surface area (Å²) in [6.45, 7) is 6.61. The van der Waals surface area contributed by atoms with Crippen molar-refractivity contribution in [2.24, 2.45) is 0 Å². The molecule has 0 radical (unpaired) electrons. The SMILES string of the molecule is CC(C)(C)c1ccc2c(c1)C13CC(=O)CC1(CC(=O)C3)c1cccnc1-2.S=S=S=S=S=S=S=S=S=S=S=S=S=S=S=S=S=S=S=S=S=S=S=S=S=S=S=S=S=S=S. The van der Waals surface area contributed by atoms with Gasteiger partial charge in [0.2, 0.25) is 0 Å². The predicted molar refractivity (Wildman–Crippen MR) is 329 cm³/mol. The quantitative estimate of drug-likeness (QED) is 0.397. The summed E-state index contributed by atoms with van der Waals surface area (Å²) >= 11 is 9.58. The van der Waals surface area contributed by atoms with Crippen molar-refractivity contribution in [3.63, 3.8) is 0 Å². The van der Waals surface area contributed by atoms with Crippen LogP contribution in [0.2, 0.25) is 0 Å². The first-order chi connectivity index (χ1) is 27.7. The molecule has 2 fully saturated rings. The van der Waals surface area contributed by atoms with Gasteiger partial charge in [-0.25, -0.2) is 0 Å². The standard InChI is InChI=1S/C23H23NO2.S31/c1-21(2,3)14-6-7-17-19(9-14)23-12-15(25)10-22(23,11-16(26)13-23)18-5-4-8-24-20(17)18;1-3-5-7-9-11-13-15-17-19-21-23-25-27-29-31-30-28-26-24-22-20-18-16-14-12-10-8-6-4-2/h4-9H,10-13H2,1-3H3;. The zero-order valence-electron chi connectivity index (χ0n) is 28.2. The van der Waals surface area contributed by atoms with Crippen LogP contribution in [0.3, 0.4) is 0 Å². The first kappa shape index (κ1) is 54.1. The summed E-state index contributed by atoms with van der Waals surface area (Å²) in [5, 5.41) is 0. The van der Waals surface area contributed by atoms with Crippen LogP contribution in [0.1, 0.15) is 63.1 Å². The van der Waals surface area contributed by atoms with Gasteiger partial charge in [-0.2, -0.15) is 0 Å². The molecular formula is C23H23NO2S31. The summed E-state index contributed by atoms with van der Waals surface area (Å²) < 4.78 is 0. The summed E-state index contributed by atoms with van der Waals surface area (Å²) in [7, 11) is 50.9. The summed E-state index contributed by atoms with van der Waals surface area (Å²) in [5.74, 6) is 0.558. The van der Waals surface area contributed by atoms with Crippen LogP contribution in [-0.2, 0) is 306 Å². The Labute approximate surface area is 424 Å². The Morgan fingerprint density at radius 1 is 0.491 bits per heavy atom. The fraction of sp³-hybridized carbons (Fsp3) is 0.435. The van der Waals surface area contributed by atoms with Crippen molar-refractivity contribution in [3.8, 4) is 11.3 Å². The van der Waals surface area contributed by atoms with Gasteiger partial charge in [-0.05, 0) is 28.2 Å². The Hall–Kier alpha value is 4.53. The van der Waals surface area contributed by atoms with E-state index in [-0.39, 0.29) is 22.4 Å². The Morgan fingerprint density at radius 3 is 1.16 bits per heavy atom. The largest absolute Gasteiger partial charge is 0.300 e. The second-order valence-electron chi connectivity index (χ2n) is 11.3. The van der Waals surface area contributed by atoms with Gasteiger partial charge in [-0.15, -0.1) is 0 Å². The number of aromatic nitrogens is 1. The molecule has 3 nitrogen and oxygen atoms in total. The van der Waals surface area contributed by atoms with E-state index in [1.807, 2.05) is 145 Å². The minimum Gasteiger partial charge on any atom is -0.300 e. The van der Waals surface area contributed by atoms with Crippen LogP contribution in [0.5, 0.6) is 0 Å². The van der Waals surface area contributed by atoms with Crippen molar-refractivity contribution in [1.82, 2.24) is 4.98 Å². The average molecular weight is 1340 g/mol. The highest BCUT2D eigenvalue weighted by molar-refractivity contribution is 8.80. The topological polar surface area (TPSA) is 47.0 Å². The van der Waals surface area contributed by atoms with Crippen molar-refractivity contribution in [3.05, 3.63) is 53.2 Å². The maximum atomic E-state index is 12.7. The van der Waals surface area contributed by atoms with Crippen LogP contribution in [0.4, 0.5) is 0 Å². The number of fused-ring (bicyclic) bond motifs is 3. The summed E-state index contributed by atoms with van der Waals surface area (Å²) in [4.78, 5) is 30.1. The van der Waals surface area contributed by atoms with E-state index in [1.54, 1.807) is 107 Å². The van der Waals surface area contributed by atoms with Gasteiger partial charge in [-0.3, -0.25) is 14.6 Å². The van der Waals surface area contributed by atoms with Gasteiger partial charge in [0.1, 0.15) is 11.6 Å². The molecule has 0 spiro atoms. The predicted octanol–water partition coefficient (Wildman–Crippen LogP) is 4.19. The van der Waals surface area contributed by atoms with Gasteiger partial charge < -0.3 is 0 Å². The lowest BCUT2D eigenvalue weighted by Gasteiger charge is -2.46. The molecule has 1 heterocycles. The van der Waals surface area contributed by atoms with Crippen LogP contribution in [0.15, 0.2) is 36.5 Å². The molecule has 0 N–H and O–H groups in total. The van der Waals surface area contributed by atoms with Crippen LogP contribution in [0, 0.1) is 0 Å². The Bertz CT molecular complexity index is 3170. The Morgan fingerprint density at radius 2 is 0.825 bits per heavy atom. The average Bonchev–Trinajstić information content (AvgIpc) is 3.65. The number of benzene rings is 1. The third kappa shape index (κ3) is 17.9. The van der Waals surface area contributed by atoms with Crippen LogP contribution >= 0.6 is 0 Å². The molecule has 1 aromatic heterocycles. The number of carbonyl (C=O) groups excluding carboxylic acids is 2. The van der Waals surface area contributed by atoms with Gasteiger partial charge >= 0.3 is 0 Å². The van der Waals surface area contributed by atoms with Crippen molar-refractivity contribution in [2.45, 2.75) is 62.7 Å². The minimum atomic E-state index is -0.395. The molecule has 0 aliphatic heterocycles. The fourth-order valence-corrected chi connectivity index (χ4v) is 80.2. The number of pyridine rings is 1. The van der Waals surface area contributed by atoms with Crippen molar-refractivity contribution >= 4 is 291 Å². The van der Waals surface area contributed by atoms with E-state index in [0.29, 0.717) is 25.7 Å². The second kappa shape index (κ2) is 30.7. The van der Waals surface area contributed by atoms with E-state index in [0.717, 1.165) is 16.8 Å². The fourth-order valence-electron chi connectivity index (χ4n) is 6.10. The van der Waals surface area contributed by atoms with Crippen LogP contribution in [0.25, 0.3) is 11.3 Å². The molecule has 0 unspecified atom stereocenters. The molecule has 0 amide bonds. The Kier molecular flexibility index (Phi) is 29.2. The molecule has 318 valence electrons. The van der Waals surface area contributed by atoms with E-state index >= 15 is 0 Å². The van der Waals surface area contributed by atoms with Gasteiger partial charge in [0, 0.05) is 328 Å². The molecule has 57 heavy (non-hydrogen) atoms. The van der Waals surface area contributed by atoms with E-state index in [9.17, 15) is 9.59 Å². The van der Waals surface area contributed by atoms with Gasteiger partial charge in [0.25, 0.3) is 0 Å². The third-order valence-corrected chi connectivity index (χ3v) is 69.9. The number of hydrogen-bond acceptors (Lipinski definition) is 5. The van der Waals surface area contributed by atoms with E-state index in [2.05, 4.69) is 45.0 Å². The molecule has 34 heteroatoms. The third-order valence-electron chi connectivity index (χ3n) is 7.67. The van der Waals surface area contributed by atoms with Crippen LogP contribution < -0.4 is 0 Å². The van der Waals surface area contributed by atoms with Crippen molar-refractivity contribution in [1.29, 1.82) is 0 Å². The molecule has 1 aromatic carbocycles. The number of ketones is 2. The maximum Gasteiger partial charge on any atom is 0.134 e. The molecule has 0 bridgehead atoms. The summed E-state index contributed by atoms with van der Waals surface area (Å²) in [6.07, 6.45) is 3.71. The highest BCUT2D eigenvalue weighted by Crippen LogP contribution is 2.67. The highest BCUT2D eigenvalue weighted by Gasteiger charge is 2.67. The number of hydrogen-bond donors (Lipinski definition) is 0. The monoisotopic (exact) mass is 1340 g/mol. The lowest BCUT2D eigenvalue weighted by atomic mass is 9.56. The molecule has 0 saturated heterocycles. The smallest absolute Gasteiger partial charge is 0.134 e. The minimum absolute atomic E-state index is 0.0178. The zero-order valence-corrected chi connectivity index (χ0v) is 53.5. The van der Waals surface area contributed by atoms with Gasteiger partial charge in [0.15, 0.2) is 0 Å². The number of carbonyl (C=O) groups is 2. The number of nitrogens with zero attached hydrogens (tertiary/aromatic N) is 1. The normalized spacial score (nSPS) is 17.5. The van der Waals surface area contributed by atoms with E-state index < -0.39 is 5.41 Å². The summed E-state index contributed by atoms with van der Waals surface area (Å²) in [6, 6.07) is 10.6. The highest BCUT2D eigenvalue weighted by atomic mass is 33.5. The first-order valence-corrected chi connectivity index (χ1v) is 54.4. The van der Waals surface area contributed by atoms with E-state index in [4.69, 9.17) is 27.4 Å². The Balaban J connectivity index is 0.000000255. The lowest BCUT2D eigenvalue weighted by molar-refractivity contribution is -0.120. The van der Waals surface area contributed by atoms with Gasteiger partial charge in [0.05, 0.1) is 5.69 Å².